The van der Waals surface area contributed by atoms with Gasteiger partial charge in [0, 0.05) is 17.0 Å². The predicted octanol–water partition coefficient (Wildman–Crippen LogP) is 8.68. The van der Waals surface area contributed by atoms with Crippen molar-refractivity contribution in [2.75, 3.05) is 23.6 Å². The Hall–Kier alpha value is -6.47. The van der Waals surface area contributed by atoms with Crippen LogP contribution in [0.3, 0.4) is 0 Å². The molecule has 0 spiro atoms. The van der Waals surface area contributed by atoms with Gasteiger partial charge in [0.1, 0.15) is 35.0 Å². The van der Waals surface area contributed by atoms with E-state index >= 15 is 0 Å². The molecule has 2 amide bonds. The molecule has 2 aliphatic rings. The molecule has 10 nitrogen and oxygen atoms in total. The first-order chi connectivity index (χ1) is 29.9. The maximum atomic E-state index is 14.2. The van der Waals surface area contributed by atoms with Crippen molar-refractivity contribution in [2.24, 2.45) is 5.16 Å². The lowest BCUT2D eigenvalue weighted by Gasteiger charge is -2.49. The van der Waals surface area contributed by atoms with Gasteiger partial charge in [0.25, 0.3) is 11.8 Å². The third kappa shape index (κ3) is 8.47. The fraction of sp³-hybridized carbons (Fsp3) is 0.146. The van der Waals surface area contributed by atoms with Gasteiger partial charge in [0.15, 0.2) is 16.9 Å². The van der Waals surface area contributed by atoms with Crippen LogP contribution in [0.15, 0.2) is 186 Å². The van der Waals surface area contributed by atoms with Gasteiger partial charge in [-0.1, -0.05) is 169 Å². The van der Waals surface area contributed by atoms with E-state index in [2.05, 4.69) is 58.8 Å². The van der Waals surface area contributed by atoms with E-state index in [1.165, 1.54) is 34.1 Å². The Morgan fingerprint density at radius 1 is 0.852 bits per heavy atom. The maximum absolute atomic E-state index is 14.2. The Labute approximate surface area is 367 Å². The maximum Gasteiger partial charge on any atom is 0.356 e. The highest BCUT2D eigenvalue weighted by molar-refractivity contribution is 8.00. The van der Waals surface area contributed by atoms with Gasteiger partial charge >= 0.3 is 5.97 Å². The number of nitrogens with zero attached hydrogens (tertiary/aromatic N) is 3. The molecule has 5 aromatic carbocycles. The standard InChI is InChI=1S/C48H40ClN5O5S2/c1-2-28-58-53-39(38-31-61-47(50-38)52-48(35-22-12-5-13-23-35,36-24-14-6-15-25-36)37-26-16-7-17-27-37)43(55)51-40-44(56)54-41(34(29-49)30-60-45(40)54)46(57)59-42(32-18-8-3-9-19-32)33-20-10-4-11-21-33/h2-27,31,40,42,45H,1,28-30H2,(H,50,52)(H,51,55)/b53-39-/t40-,45-/m1/s1. The zero-order chi connectivity index (χ0) is 42.2. The zero-order valence-corrected chi connectivity index (χ0v) is 35.1. The summed E-state index contributed by atoms with van der Waals surface area (Å²) in [5.74, 6) is -1.47. The average Bonchev–Trinajstić information content (AvgIpc) is 3.79. The Morgan fingerprint density at radius 3 is 1.89 bits per heavy atom. The molecule has 61 heavy (non-hydrogen) atoms. The lowest BCUT2D eigenvalue weighted by molar-refractivity contribution is -0.154. The number of aromatic nitrogens is 1. The Bertz CT molecular complexity index is 2420. The van der Waals surface area contributed by atoms with E-state index in [1.807, 2.05) is 115 Å². The van der Waals surface area contributed by atoms with Crippen molar-refractivity contribution in [3.63, 3.8) is 0 Å². The molecule has 0 saturated carbocycles. The number of esters is 1. The van der Waals surface area contributed by atoms with Gasteiger partial charge in [-0.25, -0.2) is 9.78 Å². The number of halogens is 1. The number of carbonyl (C=O) groups excluding carboxylic acids is 3. The number of hydrogen-bond acceptors (Lipinski definition) is 10. The summed E-state index contributed by atoms with van der Waals surface area (Å²) in [6.07, 6.45) is 0.776. The summed E-state index contributed by atoms with van der Waals surface area (Å²) in [7, 11) is 0. The van der Waals surface area contributed by atoms with Crippen molar-refractivity contribution < 1.29 is 24.0 Å². The van der Waals surface area contributed by atoms with Crippen molar-refractivity contribution >= 4 is 63.3 Å². The Morgan fingerprint density at radius 2 is 1.38 bits per heavy atom. The van der Waals surface area contributed by atoms with E-state index in [9.17, 15) is 14.4 Å². The van der Waals surface area contributed by atoms with Crippen LogP contribution in [0.4, 0.5) is 5.13 Å². The highest BCUT2D eigenvalue weighted by atomic mass is 35.5. The predicted molar refractivity (Wildman–Crippen MR) is 241 cm³/mol. The van der Waals surface area contributed by atoms with Crippen LogP contribution >= 0.6 is 34.7 Å². The molecule has 0 unspecified atom stereocenters. The second-order valence-corrected chi connectivity index (χ2v) is 16.3. The van der Waals surface area contributed by atoms with Crippen molar-refractivity contribution in [2.45, 2.75) is 23.1 Å². The first kappa shape index (κ1) is 41.3. The number of anilines is 1. The smallest absolute Gasteiger partial charge is 0.356 e. The number of oxime groups is 1. The minimum atomic E-state index is -0.987. The number of fused-ring (bicyclic) bond motifs is 1. The fourth-order valence-electron chi connectivity index (χ4n) is 7.47. The molecule has 13 heteroatoms. The topological polar surface area (TPSA) is 122 Å². The zero-order valence-electron chi connectivity index (χ0n) is 32.7. The van der Waals surface area contributed by atoms with E-state index in [4.69, 9.17) is 26.2 Å². The molecule has 3 heterocycles. The molecule has 2 N–H and O–H groups in total. The number of benzene rings is 5. The molecule has 0 bridgehead atoms. The number of alkyl halides is 1. The summed E-state index contributed by atoms with van der Waals surface area (Å²) in [6.45, 7) is 3.73. The molecule has 8 rings (SSSR count). The summed E-state index contributed by atoms with van der Waals surface area (Å²) in [6, 6.07) is 48.1. The van der Waals surface area contributed by atoms with Crippen LogP contribution in [0.2, 0.25) is 0 Å². The summed E-state index contributed by atoms with van der Waals surface area (Å²) < 4.78 is 6.18. The van der Waals surface area contributed by atoms with E-state index < -0.39 is 40.8 Å². The largest absolute Gasteiger partial charge is 0.448 e. The van der Waals surface area contributed by atoms with Crippen LogP contribution in [0.25, 0.3) is 0 Å². The van der Waals surface area contributed by atoms with Crippen LogP contribution in [0.5, 0.6) is 0 Å². The van der Waals surface area contributed by atoms with Gasteiger partial charge in [-0.3, -0.25) is 14.5 Å². The first-order valence-corrected chi connectivity index (χ1v) is 21.9. The van der Waals surface area contributed by atoms with E-state index in [0.29, 0.717) is 16.5 Å². The van der Waals surface area contributed by atoms with Gasteiger partial charge in [-0.2, -0.15) is 0 Å². The molecular weight excluding hydrogens is 826 g/mol. The van der Waals surface area contributed by atoms with Crippen molar-refractivity contribution in [3.8, 4) is 0 Å². The molecule has 306 valence electrons. The third-order valence-corrected chi connectivity index (χ3v) is 12.8. The van der Waals surface area contributed by atoms with Crippen LogP contribution in [0.1, 0.15) is 39.6 Å². The number of hydrogen-bond donors (Lipinski definition) is 2. The second-order valence-electron chi connectivity index (χ2n) is 14.1. The number of thioether (sulfide) groups is 1. The quantitative estimate of drug-likeness (QED) is 0.0145. The van der Waals surface area contributed by atoms with E-state index in [-0.39, 0.29) is 29.6 Å². The Balaban J connectivity index is 1.05. The SMILES string of the molecule is C=CCO/N=C(\C(=O)N[C@@H]1C(=O)N2C(C(=O)OC(c3ccccc3)c3ccccc3)=C(CCl)CS[C@H]12)c1csc(NC(c2ccccc2)(c2ccccc2)c2ccccc2)n1. The molecule has 1 saturated heterocycles. The summed E-state index contributed by atoms with van der Waals surface area (Å²) >= 11 is 9.08. The first-order valence-electron chi connectivity index (χ1n) is 19.5. The van der Waals surface area contributed by atoms with Gasteiger partial charge in [0.2, 0.25) is 0 Å². The minimum absolute atomic E-state index is 0.0179. The average molecular weight is 866 g/mol. The van der Waals surface area contributed by atoms with Crippen molar-refractivity contribution in [1.82, 2.24) is 15.2 Å². The summed E-state index contributed by atoms with van der Waals surface area (Å²) in [5, 5.41) is 12.4. The Kier molecular flexibility index (Phi) is 12.8. The number of amides is 2. The number of carbonyl (C=O) groups is 3. The molecule has 0 radical (unpaired) electrons. The van der Waals surface area contributed by atoms with Crippen LogP contribution in [-0.4, -0.2) is 63.0 Å². The van der Waals surface area contributed by atoms with E-state index in [0.717, 1.165) is 27.8 Å². The number of β-lactam (4-membered cyclic amide) rings is 1. The molecule has 1 aromatic heterocycles. The number of thiazole rings is 1. The van der Waals surface area contributed by atoms with Gasteiger partial charge in [-0.05, 0) is 33.4 Å². The van der Waals surface area contributed by atoms with Crippen molar-refractivity contribution in [3.05, 3.63) is 214 Å². The summed E-state index contributed by atoms with van der Waals surface area (Å²) in [4.78, 5) is 54.1. The van der Waals surface area contributed by atoms with Gasteiger partial charge < -0.3 is 20.2 Å². The van der Waals surface area contributed by atoms with Gasteiger partial charge in [0.05, 0.1) is 0 Å². The van der Waals surface area contributed by atoms with Crippen molar-refractivity contribution in [1.29, 1.82) is 0 Å². The molecular formula is C48H40ClN5O5S2. The van der Waals surface area contributed by atoms with Crippen LogP contribution in [0, 0.1) is 0 Å². The lowest BCUT2D eigenvalue weighted by Crippen LogP contribution is -2.71. The highest BCUT2D eigenvalue weighted by Gasteiger charge is 2.55. The van der Waals surface area contributed by atoms with Crippen LogP contribution < -0.4 is 10.6 Å². The van der Waals surface area contributed by atoms with Crippen LogP contribution in [-0.2, 0) is 29.5 Å². The molecule has 0 aliphatic carbocycles. The normalized spacial score (nSPS) is 16.3. The second kappa shape index (κ2) is 18.8. The molecule has 2 atom stereocenters. The molecule has 6 aromatic rings. The number of ether oxygens (including phenoxy) is 1. The summed E-state index contributed by atoms with van der Waals surface area (Å²) in [5.41, 5.74) is 4.37. The number of nitrogens with one attached hydrogen (secondary N) is 2. The lowest BCUT2D eigenvalue weighted by atomic mass is 9.77. The molecule has 1 fully saturated rings. The minimum Gasteiger partial charge on any atom is -0.448 e. The van der Waals surface area contributed by atoms with Gasteiger partial charge in [-0.15, -0.1) is 34.7 Å². The fourth-order valence-corrected chi connectivity index (χ4v) is 9.90. The number of rotatable bonds is 16. The highest BCUT2D eigenvalue weighted by Crippen LogP contribution is 2.43. The third-order valence-electron chi connectivity index (χ3n) is 10.3. The molecule has 2 aliphatic heterocycles. The monoisotopic (exact) mass is 865 g/mol. The van der Waals surface area contributed by atoms with E-state index in [1.54, 1.807) is 5.38 Å².